The van der Waals surface area contributed by atoms with E-state index in [4.69, 9.17) is 4.74 Å². The Bertz CT molecular complexity index is 245. The van der Waals surface area contributed by atoms with E-state index in [1.807, 2.05) is 20.8 Å². The van der Waals surface area contributed by atoms with Crippen LogP contribution in [-0.4, -0.2) is 36.2 Å². The molecule has 0 aromatic heterocycles. The number of ether oxygens (including phenoxy) is 2. The van der Waals surface area contributed by atoms with Crippen molar-refractivity contribution in [2.24, 2.45) is 5.92 Å². The second kappa shape index (κ2) is 6.78. The molecule has 0 aliphatic carbocycles. The van der Waals surface area contributed by atoms with E-state index in [0.29, 0.717) is 5.75 Å². The van der Waals surface area contributed by atoms with Crippen molar-refractivity contribution in [3.8, 4) is 0 Å². The highest BCUT2D eigenvalue weighted by Gasteiger charge is 2.30. The highest BCUT2D eigenvalue weighted by Crippen LogP contribution is 2.26. The number of hydrogen-bond acceptors (Lipinski definition) is 5. The van der Waals surface area contributed by atoms with Gasteiger partial charge in [-0.3, -0.25) is 9.59 Å². The zero-order chi connectivity index (χ0) is 12.8. The van der Waals surface area contributed by atoms with Gasteiger partial charge in [-0.25, -0.2) is 0 Å². The molecule has 0 bridgehead atoms. The van der Waals surface area contributed by atoms with Gasteiger partial charge in [-0.05, 0) is 6.92 Å². The van der Waals surface area contributed by atoms with E-state index in [-0.39, 0.29) is 11.4 Å². The predicted octanol–water partition coefficient (Wildman–Crippen LogP) is 1.87. The summed E-state index contributed by atoms with van der Waals surface area (Å²) in [5, 5.41) is 0. The Labute approximate surface area is 101 Å². The first-order valence-electron chi connectivity index (χ1n) is 5.20. The largest absolute Gasteiger partial charge is 0.468 e. The van der Waals surface area contributed by atoms with Gasteiger partial charge in [0.15, 0.2) is 5.92 Å². The molecule has 1 unspecified atom stereocenters. The monoisotopic (exact) mass is 248 g/mol. The molecular formula is C11H20O4S. The third-order valence-electron chi connectivity index (χ3n) is 1.74. The minimum Gasteiger partial charge on any atom is -0.468 e. The fourth-order valence-electron chi connectivity index (χ4n) is 0.951. The summed E-state index contributed by atoms with van der Waals surface area (Å²) in [6, 6.07) is 0. The highest BCUT2D eigenvalue weighted by atomic mass is 32.2. The van der Waals surface area contributed by atoms with Crippen LogP contribution >= 0.6 is 11.8 Å². The molecule has 0 amide bonds. The van der Waals surface area contributed by atoms with Crippen LogP contribution in [0.5, 0.6) is 0 Å². The molecule has 4 nitrogen and oxygen atoms in total. The molecule has 0 saturated heterocycles. The van der Waals surface area contributed by atoms with Crippen molar-refractivity contribution in [3.63, 3.8) is 0 Å². The molecular weight excluding hydrogens is 228 g/mol. The van der Waals surface area contributed by atoms with E-state index in [1.165, 1.54) is 18.9 Å². The SMILES string of the molecule is CCOC(=O)C(CSC(C)(C)C)C(=O)OC. The van der Waals surface area contributed by atoms with Crippen LogP contribution in [0.2, 0.25) is 0 Å². The number of carbonyl (C=O) groups is 2. The van der Waals surface area contributed by atoms with Gasteiger partial charge in [0.2, 0.25) is 0 Å². The average molecular weight is 248 g/mol. The van der Waals surface area contributed by atoms with Crippen LogP contribution in [0.1, 0.15) is 27.7 Å². The van der Waals surface area contributed by atoms with Gasteiger partial charge in [0, 0.05) is 10.5 Å². The van der Waals surface area contributed by atoms with Gasteiger partial charge in [0.05, 0.1) is 13.7 Å². The molecule has 0 spiro atoms. The number of methoxy groups -OCH3 is 1. The summed E-state index contributed by atoms with van der Waals surface area (Å²) < 4.78 is 9.43. The van der Waals surface area contributed by atoms with E-state index in [9.17, 15) is 9.59 Å². The molecule has 0 heterocycles. The van der Waals surface area contributed by atoms with Gasteiger partial charge in [-0.2, -0.15) is 11.8 Å². The van der Waals surface area contributed by atoms with Crippen molar-refractivity contribution < 1.29 is 19.1 Å². The maximum Gasteiger partial charge on any atom is 0.321 e. The summed E-state index contributed by atoms with van der Waals surface area (Å²) >= 11 is 1.54. The number of thioether (sulfide) groups is 1. The van der Waals surface area contributed by atoms with Crippen LogP contribution < -0.4 is 0 Å². The minimum atomic E-state index is -0.825. The lowest BCUT2D eigenvalue weighted by molar-refractivity contribution is -0.158. The number of rotatable bonds is 5. The molecule has 0 saturated carbocycles. The summed E-state index contributed by atoms with van der Waals surface area (Å²) in [5.74, 6) is -1.48. The summed E-state index contributed by atoms with van der Waals surface area (Å²) in [6.07, 6.45) is 0. The number of hydrogen-bond donors (Lipinski definition) is 0. The van der Waals surface area contributed by atoms with Crippen LogP contribution in [-0.2, 0) is 19.1 Å². The molecule has 0 N–H and O–H groups in total. The van der Waals surface area contributed by atoms with Crippen molar-refractivity contribution in [2.45, 2.75) is 32.4 Å². The topological polar surface area (TPSA) is 52.6 Å². The third kappa shape index (κ3) is 6.00. The van der Waals surface area contributed by atoms with Crippen molar-refractivity contribution in [1.29, 1.82) is 0 Å². The van der Waals surface area contributed by atoms with Gasteiger partial charge in [-0.1, -0.05) is 20.8 Å². The lowest BCUT2D eigenvalue weighted by Crippen LogP contribution is -2.30. The van der Waals surface area contributed by atoms with Crippen molar-refractivity contribution in [2.75, 3.05) is 19.5 Å². The van der Waals surface area contributed by atoms with Gasteiger partial charge in [-0.15, -0.1) is 0 Å². The highest BCUT2D eigenvalue weighted by molar-refractivity contribution is 8.00. The molecule has 1 atom stereocenters. The normalized spacial score (nSPS) is 13.1. The second-order valence-corrected chi connectivity index (χ2v) is 6.10. The molecule has 0 radical (unpaired) electrons. The zero-order valence-electron chi connectivity index (χ0n) is 10.5. The van der Waals surface area contributed by atoms with Crippen LogP contribution in [0.15, 0.2) is 0 Å². The van der Waals surface area contributed by atoms with E-state index in [2.05, 4.69) is 4.74 Å². The molecule has 0 aromatic rings. The van der Waals surface area contributed by atoms with E-state index in [1.54, 1.807) is 6.92 Å². The first-order valence-corrected chi connectivity index (χ1v) is 6.18. The van der Waals surface area contributed by atoms with Gasteiger partial charge >= 0.3 is 11.9 Å². The quantitative estimate of drug-likeness (QED) is 0.549. The van der Waals surface area contributed by atoms with Crippen molar-refractivity contribution in [3.05, 3.63) is 0 Å². The Kier molecular flexibility index (Phi) is 6.48. The van der Waals surface area contributed by atoms with Gasteiger partial charge in [0.25, 0.3) is 0 Å². The van der Waals surface area contributed by atoms with Crippen molar-refractivity contribution in [1.82, 2.24) is 0 Å². The lowest BCUT2D eigenvalue weighted by Gasteiger charge is -2.20. The smallest absolute Gasteiger partial charge is 0.321 e. The molecule has 0 aliphatic heterocycles. The summed E-state index contributed by atoms with van der Waals surface area (Å²) in [4.78, 5) is 22.9. The average Bonchev–Trinajstić information content (AvgIpc) is 2.16. The number of esters is 2. The third-order valence-corrected chi connectivity index (χ3v) is 3.11. The van der Waals surface area contributed by atoms with Crippen LogP contribution in [0, 0.1) is 5.92 Å². The maximum absolute atomic E-state index is 11.5. The fraction of sp³-hybridized carbons (Fsp3) is 0.818. The predicted molar refractivity (Wildman–Crippen MR) is 64.4 cm³/mol. The Morgan fingerprint density at radius 3 is 2.19 bits per heavy atom. The Balaban J connectivity index is 4.44. The Morgan fingerprint density at radius 1 is 1.25 bits per heavy atom. The van der Waals surface area contributed by atoms with E-state index >= 15 is 0 Å². The zero-order valence-corrected chi connectivity index (χ0v) is 11.3. The molecule has 94 valence electrons. The Morgan fingerprint density at radius 2 is 1.81 bits per heavy atom. The second-order valence-electron chi connectivity index (χ2n) is 4.25. The lowest BCUT2D eigenvalue weighted by atomic mass is 10.2. The maximum atomic E-state index is 11.5. The summed E-state index contributed by atoms with van der Waals surface area (Å²) in [6.45, 7) is 8.06. The molecule has 0 rings (SSSR count). The van der Waals surface area contributed by atoms with E-state index in [0.717, 1.165) is 0 Å². The molecule has 0 aliphatic rings. The molecule has 5 heteroatoms. The molecule has 16 heavy (non-hydrogen) atoms. The molecule has 0 aromatic carbocycles. The number of carbonyl (C=O) groups excluding carboxylic acids is 2. The molecule has 0 fully saturated rings. The summed E-state index contributed by atoms with van der Waals surface area (Å²) in [5.41, 5.74) is 0. The van der Waals surface area contributed by atoms with Crippen LogP contribution in [0.3, 0.4) is 0 Å². The Hall–Kier alpha value is -0.710. The first-order chi connectivity index (χ1) is 7.31. The van der Waals surface area contributed by atoms with Crippen molar-refractivity contribution >= 4 is 23.7 Å². The summed E-state index contributed by atoms with van der Waals surface area (Å²) in [7, 11) is 1.27. The van der Waals surface area contributed by atoms with Gasteiger partial charge in [0.1, 0.15) is 0 Å². The fourth-order valence-corrected chi connectivity index (χ4v) is 1.89. The van der Waals surface area contributed by atoms with Gasteiger partial charge < -0.3 is 9.47 Å². The minimum absolute atomic E-state index is 0.00122. The van der Waals surface area contributed by atoms with Crippen LogP contribution in [0.4, 0.5) is 0 Å². The van der Waals surface area contributed by atoms with E-state index < -0.39 is 17.9 Å². The first kappa shape index (κ1) is 15.3. The standard InChI is InChI=1S/C11H20O4S/c1-6-15-10(13)8(9(12)14-5)7-16-11(2,3)4/h8H,6-7H2,1-5H3. The van der Waals surface area contributed by atoms with Crippen LogP contribution in [0.25, 0.3) is 0 Å².